The lowest BCUT2D eigenvalue weighted by molar-refractivity contribution is -0.121. The minimum atomic E-state index is -0.654. The maximum atomic E-state index is 12.6. The van der Waals surface area contributed by atoms with Crippen molar-refractivity contribution in [2.45, 2.75) is 13.3 Å². The molecule has 8 heteroatoms. The summed E-state index contributed by atoms with van der Waals surface area (Å²) in [6.07, 6.45) is 0.142. The minimum absolute atomic E-state index is 0.0979. The van der Waals surface area contributed by atoms with Crippen molar-refractivity contribution in [1.29, 1.82) is 5.26 Å². The average molecular weight is 401 g/mol. The third-order valence-corrected chi connectivity index (χ3v) is 4.56. The SMILES string of the molecule is Cc1cc(N(CCC#N)C(=O)COC(=O)c2ccc3c(c2)OCO3)ccc1Cl. The quantitative estimate of drug-likeness (QED) is 0.689. The number of anilines is 1. The predicted molar refractivity (Wildman–Crippen MR) is 102 cm³/mol. The molecule has 1 aliphatic heterocycles. The zero-order valence-corrected chi connectivity index (χ0v) is 15.9. The zero-order chi connectivity index (χ0) is 20.1. The molecule has 0 aromatic heterocycles. The van der Waals surface area contributed by atoms with Crippen molar-refractivity contribution >= 4 is 29.2 Å². The van der Waals surface area contributed by atoms with Crippen LogP contribution in [0.25, 0.3) is 0 Å². The van der Waals surface area contributed by atoms with E-state index in [4.69, 9.17) is 31.1 Å². The Morgan fingerprint density at radius 1 is 1.21 bits per heavy atom. The summed E-state index contributed by atoms with van der Waals surface area (Å²) in [6, 6.07) is 11.8. The summed E-state index contributed by atoms with van der Waals surface area (Å²) in [5.74, 6) is -0.0910. The van der Waals surface area contributed by atoms with Crippen LogP contribution in [0.4, 0.5) is 5.69 Å². The number of carbonyl (C=O) groups is 2. The van der Waals surface area contributed by atoms with Gasteiger partial charge in [-0.3, -0.25) is 4.79 Å². The smallest absolute Gasteiger partial charge is 0.338 e. The van der Waals surface area contributed by atoms with Crippen LogP contribution in [0.5, 0.6) is 11.5 Å². The van der Waals surface area contributed by atoms with E-state index in [1.807, 2.05) is 13.0 Å². The van der Waals surface area contributed by atoms with E-state index in [0.717, 1.165) is 5.56 Å². The topological polar surface area (TPSA) is 88.9 Å². The van der Waals surface area contributed by atoms with E-state index in [1.165, 1.54) is 17.0 Å². The predicted octanol–water partition coefficient (Wildman–Crippen LogP) is 3.48. The molecule has 7 nitrogen and oxygen atoms in total. The number of nitriles is 1. The molecule has 0 fully saturated rings. The van der Waals surface area contributed by atoms with Gasteiger partial charge in [0.05, 0.1) is 18.1 Å². The molecule has 0 radical (unpaired) electrons. The van der Waals surface area contributed by atoms with Crippen LogP contribution < -0.4 is 14.4 Å². The van der Waals surface area contributed by atoms with Gasteiger partial charge in [-0.05, 0) is 48.9 Å². The molecular weight excluding hydrogens is 384 g/mol. The molecule has 0 bridgehead atoms. The first-order valence-electron chi connectivity index (χ1n) is 8.50. The minimum Gasteiger partial charge on any atom is -0.454 e. The molecule has 2 aromatic rings. The number of halogens is 1. The number of fused-ring (bicyclic) bond motifs is 1. The highest BCUT2D eigenvalue weighted by Gasteiger charge is 2.21. The zero-order valence-electron chi connectivity index (χ0n) is 15.1. The molecular formula is C20H17ClN2O5. The van der Waals surface area contributed by atoms with Crippen LogP contribution in [0.2, 0.25) is 5.02 Å². The fourth-order valence-corrected chi connectivity index (χ4v) is 2.79. The number of ether oxygens (including phenoxy) is 3. The molecule has 2 aromatic carbocycles. The highest BCUT2D eigenvalue weighted by Crippen LogP contribution is 2.32. The van der Waals surface area contributed by atoms with E-state index in [0.29, 0.717) is 22.2 Å². The van der Waals surface area contributed by atoms with Gasteiger partial charge in [0.15, 0.2) is 18.1 Å². The van der Waals surface area contributed by atoms with Crippen LogP contribution in [-0.4, -0.2) is 31.8 Å². The van der Waals surface area contributed by atoms with Crippen molar-refractivity contribution in [2.24, 2.45) is 0 Å². The summed E-state index contributed by atoms with van der Waals surface area (Å²) >= 11 is 6.04. The molecule has 0 aliphatic carbocycles. The van der Waals surface area contributed by atoms with Gasteiger partial charge in [-0.25, -0.2) is 4.79 Å². The summed E-state index contributed by atoms with van der Waals surface area (Å²) in [7, 11) is 0. The van der Waals surface area contributed by atoms with Crippen molar-refractivity contribution in [3.63, 3.8) is 0 Å². The average Bonchev–Trinajstić information content (AvgIpc) is 3.16. The summed E-state index contributed by atoms with van der Waals surface area (Å²) in [5.41, 5.74) is 1.63. The Kier molecular flexibility index (Phi) is 6.02. The summed E-state index contributed by atoms with van der Waals surface area (Å²) in [4.78, 5) is 26.3. The van der Waals surface area contributed by atoms with Gasteiger partial charge in [0, 0.05) is 17.3 Å². The second-order valence-corrected chi connectivity index (χ2v) is 6.44. The number of benzene rings is 2. The van der Waals surface area contributed by atoms with Crippen molar-refractivity contribution in [3.05, 3.63) is 52.5 Å². The lowest BCUT2D eigenvalue weighted by Gasteiger charge is -2.22. The van der Waals surface area contributed by atoms with Crippen molar-refractivity contribution in [1.82, 2.24) is 0 Å². The number of carbonyl (C=O) groups excluding carboxylic acids is 2. The van der Waals surface area contributed by atoms with Crippen LogP contribution in [0.15, 0.2) is 36.4 Å². The molecule has 0 saturated heterocycles. The van der Waals surface area contributed by atoms with Crippen LogP contribution in [0.1, 0.15) is 22.3 Å². The maximum absolute atomic E-state index is 12.6. The number of hydrogen-bond acceptors (Lipinski definition) is 6. The number of nitrogens with zero attached hydrogens (tertiary/aromatic N) is 2. The van der Waals surface area contributed by atoms with E-state index in [-0.39, 0.29) is 25.3 Å². The molecule has 0 N–H and O–H groups in total. The first-order chi connectivity index (χ1) is 13.5. The normalized spacial score (nSPS) is 11.6. The molecule has 3 rings (SSSR count). The van der Waals surface area contributed by atoms with Crippen molar-refractivity contribution in [2.75, 3.05) is 24.8 Å². The molecule has 0 unspecified atom stereocenters. The summed E-state index contributed by atoms with van der Waals surface area (Å²) in [5, 5.41) is 9.44. The Bertz CT molecular complexity index is 954. The van der Waals surface area contributed by atoms with Gasteiger partial charge < -0.3 is 19.1 Å². The Balaban J connectivity index is 1.68. The van der Waals surface area contributed by atoms with Crippen molar-refractivity contribution in [3.8, 4) is 17.6 Å². The fourth-order valence-electron chi connectivity index (χ4n) is 2.67. The fraction of sp³-hybridized carbons (Fsp3) is 0.250. The maximum Gasteiger partial charge on any atom is 0.338 e. The van der Waals surface area contributed by atoms with Crippen LogP contribution in [-0.2, 0) is 9.53 Å². The second kappa shape index (κ2) is 8.63. The van der Waals surface area contributed by atoms with E-state index in [2.05, 4.69) is 0 Å². The number of esters is 1. The van der Waals surface area contributed by atoms with Crippen LogP contribution in [0.3, 0.4) is 0 Å². The summed E-state index contributed by atoms with van der Waals surface area (Å²) in [6.45, 7) is 1.64. The van der Waals surface area contributed by atoms with E-state index >= 15 is 0 Å². The molecule has 0 saturated carbocycles. The number of amides is 1. The standard InChI is InChI=1S/C20H17ClN2O5/c1-13-9-15(4-5-16(13)21)23(8-2-7-22)19(24)11-26-20(25)14-3-6-17-18(10-14)28-12-27-17/h3-6,9-10H,2,8,11-12H2,1H3. The molecule has 1 heterocycles. The number of rotatable bonds is 6. The Labute approximate surface area is 167 Å². The number of hydrogen-bond donors (Lipinski definition) is 0. The van der Waals surface area contributed by atoms with Crippen molar-refractivity contribution < 1.29 is 23.8 Å². The van der Waals surface area contributed by atoms with Gasteiger partial charge in [0.1, 0.15) is 0 Å². The lowest BCUT2D eigenvalue weighted by Crippen LogP contribution is -2.35. The third-order valence-electron chi connectivity index (χ3n) is 4.14. The third kappa shape index (κ3) is 4.35. The largest absolute Gasteiger partial charge is 0.454 e. The van der Waals surface area contributed by atoms with E-state index < -0.39 is 18.5 Å². The number of aryl methyl sites for hydroxylation is 1. The van der Waals surface area contributed by atoms with Gasteiger partial charge >= 0.3 is 5.97 Å². The van der Waals surface area contributed by atoms with E-state index in [9.17, 15) is 9.59 Å². The molecule has 1 amide bonds. The van der Waals surface area contributed by atoms with Gasteiger partial charge in [-0.1, -0.05) is 11.6 Å². The first-order valence-corrected chi connectivity index (χ1v) is 8.87. The van der Waals surface area contributed by atoms with Crippen LogP contribution >= 0.6 is 11.6 Å². The van der Waals surface area contributed by atoms with Crippen LogP contribution in [0, 0.1) is 18.3 Å². The van der Waals surface area contributed by atoms with Gasteiger partial charge in [0.25, 0.3) is 5.91 Å². The first kappa shape index (κ1) is 19.5. The Hall–Kier alpha value is -3.24. The van der Waals surface area contributed by atoms with Gasteiger partial charge in [0.2, 0.25) is 6.79 Å². The Morgan fingerprint density at radius 2 is 2.00 bits per heavy atom. The highest BCUT2D eigenvalue weighted by atomic mass is 35.5. The lowest BCUT2D eigenvalue weighted by atomic mass is 10.2. The Morgan fingerprint density at radius 3 is 2.75 bits per heavy atom. The van der Waals surface area contributed by atoms with Gasteiger partial charge in [-0.15, -0.1) is 0 Å². The highest BCUT2D eigenvalue weighted by molar-refractivity contribution is 6.31. The molecule has 0 spiro atoms. The summed E-state index contributed by atoms with van der Waals surface area (Å²) < 4.78 is 15.6. The van der Waals surface area contributed by atoms with E-state index in [1.54, 1.807) is 24.3 Å². The molecule has 28 heavy (non-hydrogen) atoms. The second-order valence-electron chi connectivity index (χ2n) is 6.03. The molecule has 144 valence electrons. The molecule has 0 atom stereocenters. The van der Waals surface area contributed by atoms with Gasteiger partial charge in [-0.2, -0.15) is 5.26 Å². The monoisotopic (exact) mass is 400 g/mol. The molecule has 1 aliphatic rings.